The van der Waals surface area contributed by atoms with Crippen LogP contribution in [0.4, 0.5) is 0 Å². The third kappa shape index (κ3) is 3.74. The number of ether oxygens (including phenoxy) is 2. The summed E-state index contributed by atoms with van der Waals surface area (Å²) in [7, 11) is 3.66. The maximum atomic E-state index is 11.6. The van der Waals surface area contributed by atoms with Crippen molar-refractivity contribution >= 4 is 5.78 Å². The average Bonchev–Trinajstić information content (AvgIpc) is 2.18. The topological polar surface area (TPSA) is 38.8 Å². The molecule has 0 aromatic rings. The molecule has 1 aliphatic heterocycles. The maximum absolute atomic E-state index is 11.6. The van der Waals surface area contributed by atoms with Gasteiger partial charge in [0.1, 0.15) is 6.10 Å². The molecule has 1 fully saturated rings. The van der Waals surface area contributed by atoms with Crippen LogP contribution in [0.3, 0.4) is 0 Å². The zero-order valence-electron chi connectivity index (χ0n) is 8.99. The van der Waals surface area contributed by atoms with Gasteiger partial charge in [-0.05, 0) is 13.5 Å². The number of Topliss-reactive ketones (excluding diaryl/α,β-unsaturated/α-hetero) is 1. The highest BCUT2D eigenvalue weighted by atomic mass is 16.5. The number of ketones is 1. The van der Waals surface area contributed by atoms with Gasteiger partial charge in [0.25, 0.3) is 0 Å². The number of hydrogen-bond acceptors (Lipinski definition) is 4. The van der Waals surface area contributed by atoms with E-state index in [4.69, 9.17) is 9.47 Å². The Labute approximate surface area is 85.2 Å². The molecule has 4 nitrogen and oxygen atoms in total. The monoisotopic (exact) mass is 201 g/mol. The molecule has 1 atom stereocenters. The molecule has 0 saturated carbocycles. The van der Waals surface area contributed by atoms with Crippen LogP contribution in [0.1, 0.15) is 12.8 Å². The molecule has 0 radical (unpaired) electrons. The average molecular weight is 201 g/mol. The summed E-state index contributed by atoms with van der Waals surface area (Å²) in [6.07, 6.45) is 1.14. The van der Waals surface area contributed by atoms with E-state index < -0.39 is 0 Å². The van der Waals surface area contributed by atoms with Gasteiger partial charge in [-0.25, -0.2) is 0 Å². The second-order valence-corrected chi connectivity index (χ2v) is 3.68. The molecule has 4 heteroatoms. The number of nitrogens with zero attached hydrogens (tertiary/aromatic N) is 1. The van der Waals surface area contributed by atoms with E-state index in [0.29, 0.717) is 19.6 Å². The van der Waals surface area contributed by atoms with E-state index in [1.165, 1.54) is 0 Å². The third-order valence-corrected chi connectivity index (χ3v) is 2.40. The van der Waals surface area contributed by atoms with Crippen molar-refractivity contribution in [3.8, 4) is 0 Å². The standard InChI is InChI=1S/C10H19NO3/c1-11-5-7-14-10(8-11)9(12)4-3-6-13-2/h10H,3-8H2,1-2H3. The summed E-state index contributed by atoms with van der Waals surface area (Å²) in [6, 6.07) is 0. The van der Waals surface area contributed by atoms with Crippen molar-refractivity contribution in [2.45, 2.75) is 18.9 Å². The van der Waals surface area contributed by atoms with Crippen LogP contribution in [-0.4, -0.2) is 57.2 Å². The van der Waals surface area contributed by atoms with E-state index >= 15 is 0 Å². The molecule has 0 aliphatic carbocycles. The highest BCUT2D eigenvalue weighted by molar-refractivity contribution is 5.83. The Kier molecular flexibility index (Phi) is 5.07. The largest absolute Gasteiger partial charge is 0.385 e. The zero-order valence-corrected chi connectivity index (χ0v) is 8.99. The molecule has 1 rings (SSSR count). The second-order valence-electron chi connectivity index (χ2n) is 3.68. The Morgan fingerprint density at radius 1 is 1.64 bits per heavy atom. The van der Waals surface area contributed by atoms with Gasteiger partial charge in [0.2, 0.25) is 0 Å². The van der Waals surface area contributed by atoms with E-state index in [-0.39, 0.29) is 11.9 Å². The van der Waals surface area contributed by atoms with Crippen LogP contribution in [0, 0.1) is 0 Å². The Morgan fingerprint density at radius 2 is 2.43 bits per heavy atom. The predicted octanol–water partition coefficient (Wildman–Crippen LogP) is 0.313. The van der Waals surface area contributed by atoms with Crippen LogP contribution in [-0.2, 0) is 14.3 Å². The zero-order chi connectivity index (χ0) is 10.4. The fourth-order valence-corrected chi connectivity index (χ4v) is 1.52. The van der Waals surface area contributed by atoms with Gasteiger partial charge in [-0.1, -0.05) is 0 Å². The highest BCUT2D eigenvalue weighted by Crippen LogP contribution is 2.07. The van der Waals surface area contributed by atoms with Crippen LogP contribution < -0.4 is 0 Å². The lowest BCUT2D eigenvalue weighted by Crippen LogP contribution is -2.44. The Bertz CT molecular complexity index is 184. The summed E-state index contributed by atoms with van der Waals surface area (Å²) in [4.78, 5) is 13.7. The van der Waals surface area contributed by atoms with Gasteiger partial charge in [0, 0.05) is 33.2 Å². The molecular formula is C10H19NO3. The van der Waals surface area contributed by atoms with Crippen molar-refractivity contribution in [3.05, 3.63) is 0 Å². The molecule has 0 amide bonds. The molecule has 1 heterocycles. The van der Waals surface area contributed by atoms with Crippen LogP contribution in [0.2, 0.25) is 0 Å². The SMILES string of the molecule is COCCCC(=O)C1CN(C)CCO1. The summed E-state index contributed by atoms with van der Waals surface area (Å²) in [5, 5.41) is 0. The van der Waals surface area contributed by atoms with Crippen molar-refractivity contribution in [2.24, 2.45) is 0 Å². The molecule has 0 bridgehead atoms. The molecule has 82 valence electrons. The van der Waals surface area contributed by atoms with Crippen LogP contribution >= 0.6 is 0 Å². The third-order valence-electron chi connectivity index (χ3n) is 2.40. The van der Waals surface area contributed by atoms with Gasteiger partial charge in [-0.3, -0.25) is 4.79 Å². The quantitative estimate of drug-likeness (QED) is 0.600. The lowest BCUT2D eigenvalue weighted by atomic mass is 10.1. The number of carbonyl (C=O) groups is 1. The van der Waals surface area contributed by atoms with Gasteiger partial charge in [0.15, 0.2) is 5.78 Å². The summed E-state index contributed by atoms with van der Waals surface area (Å²) in [5.41, 5.74) is 0. The van der Waals surface area contributed by atoms with Crippen LogP contribution in [0.25, 0.3) is 0 Å². The second kappa shape index (κ2) is 6.11. The molecule has 0 spiro atoms. The van der Waals surface area contributed by atoms with Gasteiger partial charge < -0.3 is 14.4 Å². The molecule has 14 heavy (non-hydrogen) atoms. The van der Waals surface area contributed by atoms with Crippen molar-refractivity contribution in [2.75, 3.05) is 40.5 Å². The first-order chi connectivity index (χ1) is 6.74. The van der Waals surface area contributed by atoms with E-state index in [1.54, 1.807) is 7.11 Å². The van der Waals surface area contributed by atoms with E-state index in [1.807, 2.05) is 7.05 Å². The number of hydrogen-bond donors (Lipinski definition) is 0. The summed E-state index contributed by atoms with van der Waals surface area (Å²) >= 11 is 0. The first-order valence-corrected chi connectivity index (χ1v) is 5.06. The summed E-state index contributed by atoms with van der Waals surface area (Å²) in [5.74, 6) is 0.202. The first kappa shape index (κ1) is 11.6. The fourth-order valence-electron chi connectivity index (χ4n) is 1.52. The van der Waals surface area contributed by atoms with Gasteiger partial charge in [-0.15, -0.1) is 0 Å². The minimum absolute atomic E-state index is 0.202. The maximum Gasteiger partial charge on any atom is 0.162 e. The molecule has 0 N–H and O–H groups in total. The van der Waals surface area contributed by atoms with E-state index in [2.05, 4.69) is 4.90 Å². The molecular weight excluding hydrogens is 182 g/mol. The van der Waals surface area contributed by atoms with Crippen molar-refractivity contribution in [1.29, 1.82) is 0 Å². The predicted molar refractivity (Wildman–Crippen MR) is 53.4 cm³/mol. The van der Waals surface area contributed by atoms with E-state index in [9.17, 15) is 4.79 Å². The first-order valence-electron chi connectivity index (χ1n) is 5.06. The molecule has 1 saturated heterocycles. The Hall–Kier alpha value is -0.450. The van der Waals surface area contributed by atoms with Gasteiger partial charge >= 0.3 is 0 Å². The molecule has 1 aliphatic rings. The normalized spacial score (nSPS) is 23.7. The van der Waals surface area contributed by atoms with E-state index in [0.717, 1.165) is 19.5 Å². The highest BCUT2D eigenvalue weighted by Gasteiger charge is 2.23. The minimum Gasteiger partial charge on any atom is -0.385 e. The molecule has 0 aromatic heterocycles. The van der Waals surface area contributed by atoms with Crippen LogP contribution in [0.5, 0.6) is 0 Å². The van der Waals surface area contributed by atoms with Gasteiger partial charge in [0.05, 0.1) is 6.61 Å². The number of rotatable bonds is 5. The van der Waals surface area contributed by atoms with Gasteiger partial charge in [-0.2, -0.15) is 0 Å². The van der Waals surface area contributed by atoms with Crippen molar-refractivity contribution in [3.63, 3.8) is 0 Å². The number of morpholine rings is 1. The Balaban J connectivity index is 2.22. The summed E-state index contributed by atoms with van der Waals surface area (Å²) < 4.78 is 10.3. The number of carbonyl (C=O) groups excluding carboxylic acids is 1. The van der Waals surface area contributed by atoms with Crippen molar-refractivity contribution < 1.29 is 14.3 Å². The number of methoxy groups -OCH3 is 1. The minimum atomic E-state index is -0.217. The molecule has 0 aromatic carbocycles. The smallest absolute Gasteiger partial charge is 0.162 e. The molecule has 1 unspecified atom stereocenters. The summed E-state index contributed by atoms with van der Waals surface area (Å²) in [6.45, 7) is 2.96. The fraction of sp³-hybridized carbons (Fsp3) is 0.900. The lowest BCUT2D eigenvalue weighted by molar-refractivity contribution is -0.135. The van der Waals surface area contributed by atoms with Crippen LogP contribution in [0.15, 0.2) is 0 Å². The van der Waals surface area contributed by atoms with Crippen molar-refractivity contribution in [1.82, 2.24) is 4.90 Å². The lowest BCUT2D eigenvalue weighted by Gasteiger charge is -2.29. The number of likely N-dealkylation sites (N-methyl/N-ethyl adjacent to an activating group) is 1. The Morgan fingerprint density at radius 3 is 3.07 bits per heavy atom.